The Kier molecular flexibility index (Phi) is 3.91. The van der Waals surface area contributed by atoms with Gasteiger partial charge >= 0.3 is 0 Å². The predicted octanol–water partition coefficient (Wildman–Crippen LogP) is 3.62. The minimum Gasteiger partial charge on any atom is -0.243 e. The summed E-state index contributed by atoms with van der Waals surface area (Å²) >= 11 is 3.54. The summed E-state index contributed by atoms with van der Waals surface area (Å²) in [5.74, 6) is 5.93. The van der Waals surface area contributed by atoms with Gasteiger partial charge in [-0.1, -0.05) is 12.0 Å². The van der Waals surface area contributed by atoms with Gasteiger partial charge in [0.15, 0.2) is 0 Å². The SMILES string of the molecule is FCc1nc(C#Cc2cccc(I)c2)cs1. The van der Waals surface area contributed by atoms with Crippen molar-refractivity contribution in [3.8, 4) is 11.8 Å². The van der Waals surface area contributed by atoms with Gasteiger partial charge in [-0.15, -0.1) is 11.3 Å². The van der Waals surface area contributed by atoms with Gasteiger partial charge in [-0.25, -0.2) is 9.37 Å². The largest absolute Gasteiger partial charge is 0.243 e. The molecule has 0 aliphatic heterocycles. The highest BCUT2D eigenvalue weighted by Gasteiger charge is 1.97. The number of alkyl halides is 1. The lowest BCUT2D eigenvalue weighted by molar-refractivity contribution is 0.483. The maximum atomic E-state index is 12.3. The maximum absolute atomic E-state index is 12.3. The summed E-state index contributed by atoms with van der Waals surface area (Å²) in [7, 11) is 0. The molecule has 1 heterocycles. The number of hydrogen-bond acceptors (Lipinski definition) is 2. The normalized spacial score (nSPS) is 9.62. The van der Waals surface area contributed by atoms with Crippen molar-refractivity contribution in [2.24, 2.45) is 0 Å². The van der Waals surface area contributed by atoms with E-state index in [2.05, 4.69) is 39.4 Å². The molecule has 0 unspecified atom stereocenters. The van der Waals surface area contributed by atoms with Crippen LogP contribution in [0.4, 0.5) is 4.39 Å². The number of nitrogens with zero attached hydrogens (tertiary/aromatic N) is 1. The van der Waals surface area contributed by atoms with E-state index in [1.807, 2.05) is 24.3 Å². The molecule has 0 aliphatic rings. The van der Waals surface area contributed by atoms with Crippen molar-refractivity contribution in [1.82, 2.24) is 4.98 Å². The second kappa shape index (κ2) is 5.41. The fourth-order valence-corrected chi connectivity index (χ4v) is 2.25. The lowest BCUT2D eigenvalue weighted by atomic mass is 10.2. The molecule has 0 fully saturated rings. The van der Waals surface area contributed by atoms with E-state index in [-0.39, 0.29) is 0 Å². The Morgan fingerprint density at radius 3 is 2.94 bits per heavy atom. The van der Waals surface area contributed by atoms with Gasteiger partial charge < -0.3 is 0 Å². The predicted molar refractivity (Wildman–Crippen MR) is 72.1 cm³/mol. The number of halogens is 2. The molecule has 4 heteroatoms. The quantitative estimate of drug-likeness (QED) is 0.569. The first kappa shape index (κ1) is 11.6. The van der Waals surface area contributed by atoms with Crippen LogP contribution in [0.1, 0.15) is 16.3 Å². The van der Waals surface area contributed by atoms with E-state index in [0.29, 0.717) is 10.7 Å². The Hall–Kier alpha value is -0.930. The molecule has 0 atom stereocenters. The molecule has 0 saturated heterocycles. The minimum absolute atomic E-state index is 0.479. The van der Waals surface area contributed by atoms with Gasteiger partial charge in [0.05, 0.1) is 0 Å². The zero-order chi connectivity index (χ0) is 11.4. The van der Waals surface area contributed by atoms with Gasteiger partial charge in [0.25, 0.3) is 0 Å². The minimum atomic E-state index is -0.518. The zero-order valence-corrected chi connectivity index (χ0v) is 11.2. The highest BCUT2D eigenvalue weighted by atomic mass is 127. The Morgan fingerprint density at radius 2 is 2.25 bits per heavy atom. The lowest BCUT2D eigenvalue weighted by Crippen LogP contribution is -1.79. The summed E-state index contributed by atoms with van der Waals surface area (Å²) in [5, 5.41) is 2.25. The molecule has 0 amide bonds. The third-order valence-corrected chi connectivity index (χ3v) is 3.31. The molecule has 1 aromatic carbocycles. The van der Waals surface area contributed by atoms with Gasteiger partial charge in [0.2, 0.25) is 0 Å². The Bertz CT molecular complexity index is 553. The fraction of sp³-hybridized carbons (Fsp3) is 0.0833. The second-order valence-corrected chi connectivity index (χ2v) is 5.21. The van der Waals surface area contributed by atoms with E-state index in [4.69, 9.17) is 0 Å². The molecular formula is C12H7FINS. The Balaban J connectivity index is 2.21. The first-order valence-electron chi connectivity index (χ1n) is 4.56. The molecule has 0 aliphatic carbocycles. The zero-order valence-electron chi connectivity index (χ0n) is 8.21. The smallest absolute Gasteiger partial charge is 0.141 e. The van der Waals surface area contributed by atoms with Crippen molar-refractivity contribution >= 4 is 33.9 Å². The monoisotopic (exact) mass is 343 g/mol. The molecule has 2 rings (SSSR count). The summed E-state index contributed by atoms with van der Waals surface area (Å²) in [6.45, 7) is -0.518. The number of aromatic nitrogens is 1. The molecule has 1 nitrogen and oxygen atoms in total. The molecule has 0 saturated carbocycles. The molecule has 0 N–H and O–H groups in total. The van der Waals surface area contributed by atoms with E-state index in [9.17, 15) is 4.39 Å². The van der Waals surface area contributed by atoms with Crippen LogP contribution in [0.3, 0.4) is 0 Å². The van der Waals surface area contributed by atoms with Crippen molar-refractivity contribution in [2.75, 3.05) is 0 Å². The van der Waals surface area contributed by atoms with Crippen LogP contribution in [-0.2, 0) is 6.67 Å². The Labute approximate surface area is 111 Å². The van der Waals surface area contributed by atoms with Crippen molar-refractivity contribution < 1.29 is 4.39 Å². The lowest BCUT2D eigenvalue weighted by Gasteiger charge is -1.90. The van der Waals surface area contributed by atoms with Crippen LogP contribution in [0.25, 0.3) is 0 Å². The average molecular weight is 343 g/mol. The van der Waals surface area contributed by atoms with Crippen molar-refractivity contribution in [3.63, 3.8) is 0 Å². The summed E-state index contributed by atoms with van der Waals surface area (Å²) < 4.78 is 13.4. The number of benzene rings is 1. The van der Waals surface area contributed by atoms with Crippen molar-refractivity contribution in [2.45, 2.75) is 6.67 Å². The van der Waals surface area contributed by atoms with Gasteiger partial charge in [0, 0.05) is 14.5 Å². The molecule has 16 heavy (non-hydrogen) atoms. The highest BCUT2D eigenvalue weighted by Crippen LogP contribution is 2.10. The first-order chi connectivity index (χ1) is 7.78. The molecular weight excluding hydrogens is 336 g/mol. The van der Waals surface area contributed by atoms with Crippen LogP contribution in [0.15, 0.2) is 29.6 Å². The van der Waals surface area contributed by atoms with E-state index in [1.165, 1.54) is 11.3 Å². The van der Waals surface area contributed by atoms with Gasteiger partial charge in [-0.3, -0.25) is 0 Å². The summed E-state index contributed by atoms with van der Waals surface area (Å²) in [6, 6.07) is 7.91. The van der Waals surface area contributed by atoms with E-state index >= 15 is 0 Å². The fourth-order valence-electron chi connectivity index (χ4n) is 1.13. The van der Waals surface area contributed by atoms with Crippen LogP contribution in [0, 0.1) is 15.4 Å². The number of thiazole rings is 1. The van der Waals surface area contributed by atoms with Crippen LogP contribution < -0.4 is 0 Å². The average Bonchev–Trinajstić information content (AvgIpc) is 2.74. The second-order valence-electron chi connectivity index (χ2n) is 3.02. The van der Waals surface area contributed by atoms with E-state index in [1.54, 1.807) is 5.38 Å². The molecule has 0 radical (unpaired) electrons. The maximum Gasteiger partial charge on any atom is 0.141 e. The van der Waals surface area contributed by atoms with Crippen LogP contribution >= 0.6 is 33.9 Å². The highest BCUT2D eigenvalue weighted by molar-refractivity contribution is 14.1. The third-order valence-electron chi connectivity index (χ3n) is 1.83. The van der Waals surface area contributed by atoms with Crippen LogP contribution in [-0.4, -0.2) is 4.98 Å². The van der Waals surface area contributed by atoms with Gasteiger partial charge in [-0.05, 0) is 46.7 Å². The van der Waals surface area contributed by atoms with E-state index in [0.717, 1.165) is 9.13 Å². The number of hydrogen-bond donors (Lipinski definition) is 0. The molecule has 80 valence electrons. The molecule has 0 bridgehead atoms. The molecule has 0 spiro atoms. The summed E-state index contributed by atoms with van der Waals surface area (Å²) in [6.07, 6.45) is 0. The molecule has 1 aromatic heterocycles. The van der Waals surface area contributed by atoms with E-state index < -0.39 is 6.67 Å². The van der Waals surface area contributed by atoms with Gasteiger partial charge in [-0.2, -0.15) is 0 Å². The van der Waals surface area contributed by atoms with Crippen molar-refractivity contribution in [3.05, 3.63) is 49.5 Å². The summed E-state index contributed by atoms with van der Waals surface area (Å²) in [5.41, 5.74) is 1.58. The van der Waals surface area contributed by atoms with Crippen molar-refractivity contribution in [1.29, 1.82) is 0 Å². The Morgan fingerprint density at radius 1 is 1.38 bits per heavy atom. The first-order valence-corrected chi connectivity index (χ1v) is 6.52. The van der Waals surface area contributed by atoms with Gasteiger partial charge in [0.1, 0.15) is 17.4 Å². The number of rotatable bonds is 1. The molecule has 2 aromatic rings. The topological polar surface area (TPSA) is 12.9 Å². The van der Waals surface area contributed by atoms with Crippen LogP contribution in [0.5, 0.6) is 0 Å². The van der Waals surface area contributed by atoms with Crippen LogP contribution in [0.2, 0.25) is 0 Å². The summed E-state index contributed by atoms with van der Waals surface area (Å²) in [4.78, 5) is 4.03. The third kappa shape index (κ3) is 3.03. The standard InChI is InChI=1S/C12H7FINS/c13-7-12-15-11(8-16-12)5-4-9-2-1-3-10(14)6-9/h1-3,6,8H,7H2.